The SMILES string of the molecule is N#Cc1cccnc1N1CCN(Cn2cc(Cl)cn2)CC1. The van der Waals surface area contributed by atoms with Gasteiger partial charge < -0.3 is 4.90 Å². The highest BCUT2D eigenvalue weighted by Gasteiger charge is 2.20. The highest BCUT2D eigenvalue weighted by molar-refractivity contribution is 6.30. The van der Waals surface area contributed by atoms with Crippen LogP contribution in [0.1, 0.15) is 5.56 Å². The third kappa shape index (κ3) is 3.15. The first-order chi connectivity index (χ1) is 10.3. The fraction of sp³-hybridized carbons (Fsp3) is 0.357. The van der Waals surface area contributed by atoms with Crippen molar-refractivity contribution in [3.63, 3.8) is 0 Å². The van der Waals surface area contributed by atoms with Gasteiger partial charge in [0.2, 0.25) is 0 Å². The third-order valence-corrected chi connectivity index (χ3v) is 3.72. The Balaban J connectivity index is 1.61. The molecule has 3 heterocycles. The molecule has 2 aromatic rings. The summed E-state index contributed by atoms with van der Waals surface area (Å²) in [7, 11) is 0. The van der Waals surface area contributed by atoms with Gasteiger partial charge in [0, 0.05) is 38.6 Å². The molecule has 0 amide bonds. The standard InChI is InChI=1S/C14H15ClN6/c15-13-9-18-21(10-13)11-19-4-6-20(7-5-19)14-12(8-16)2-1-3-17-14/h1-3,9-10H,4-7,11H2. The van der Waals surface area contributed by atoms with Crippen molar-refractivity contribution in [2.75, 3.05) is 31.1 Å². The minimum absolute atomic E-state index is 0.629. The van der Waals surface area contributed by atoms with Gasteiger partial charge in [0.25, 0.3) is 0 Å². The molecule has 0 unspecified atom stereocenters. The summed E-state index contributed by atoms with van der Waals surface area (Å²) in [6.45, 7) is 4.23. The summed E-state index contributed by atoms with van der Waals surface area (Å²) in [5.74, 6) is 0.779. The Labute approximate surface area is 128 Å². The summed E-state index contributed by atoms with van der Waals surface area (Å²) in [5, 5.41) is 14.0. The first kappa shape index (κ1) is 13.9. The lowest BCUT2D eigenvalue weighted by Gasteiger charge is -2.35. The normalized spacial score (nSPS) is 15.9. The summed E-state index contributed by atoms with van der Waals surface area (Å²) in [5.41, 5.74) is 0.629. The Morgan fingerprint density at radius 2 is 2.10 bits per heavy atom. The minimum atomic E-state index is 0.629. The van der Waals surface area contributed by atoms with E-state index in [0.29, 0.717) is 10.6 Å². The van der Waals surface area contributed by atoms with E-state index >= 15 is 0 Å². The fourth-order valence-electron chi connectivity index (χ4n) is 2.46. The second-order valence-electron chi connectivity index (χ2n) is 4.93. The van der Waals surface area contributed by atoms with Gasteiger partial charge in [0.1, 0.15) is 11.9 Å². The highest BCUT2D eigenvalue weighted by atomic mass is 35.5. The van der Waals surface area contributed by atoms with Gasteiger partial charge in [0.15, 0.2) is 0 Å². The second-order valence-corrected chi connectivity index (χ2v) is 5.37. The van der Waals surface area contributed by atoms with Gasteiger partial charge in [-0.3, -0.25) is 9.58 Å². The van der Waals surface area contributed by atoms with E-state index < -0.39 is 0 Å². The number of hydrogen-bond acceptors (Lipinski definition) is 5. The number of piperazine rings is 1. The van der Waals surface area contributed by atoms with E-state index in [1.807, 2.05) is 10.9 Å². The van der Waals surface area contributed by atoms with Crippen LogP contribution in [-0.2, 0) is 6.67 Å². The Kier molecular flexibility index (Phi) is 4.04. The maximum atomic E-state index is 9.15. The first-order valence-electron chi connectivity index (χ1n) is 6.76. The topological polar surface area (TPSA) is 61.0 Å². The highest BCUT2D eigenvalue weighted by Crippen LogP contribution is 2.18. The van der Waals surface area contributed by atoms with Crippen LogP contribution in [0.2, 0.25) is 5.02 Å². The largest absolute Gasteiger partial charge is 0.353 e. The van der Waals surface area contributed by atoms with Crippen molar-refractivity contribution >= 4 is 17.4 Å². The monoisotopic (exact) mass is 302 g/mol. The van der Waals surface area contributed by atoms with Crippen molar-refractivity contribution in [2.24, 2.45) is 0 Å². The zero-order valence-electron chi connectivity index (χ0n) is 11.5. The van der Waals surface area contributed by atoms with Crippen LogP contribution in [0.4, 0.5) is 5.82 Å². The van der Waals surface area contributed by atoms with Crippen LogP contribution >= 0.6 is 11.6 Å². The van der Waals surface area contributed by atoms with Gasteiger partial charge in [-0.1, -0.05) is 11.6 Å². The van der Waals surface area contributed by atoms with Crippen LogP contribution in [0.5, 0.6) is 0 Å². The molecule has 0 spiro atoms. The molecular formula is C14H15ClN6. The van der Waals surface area contributed by atoms with Crippen LogP contribution in [0.15, 0.2) is 30.7 Å². The molecule has 6 nitrogen and oxygen atoms in total. The van der Waals surface area contributed by atoms with Crippen LogP contribution in [0.25, 0.3) is 0 Å². The molecule has 1 aliphatic rings. The number of halogens is 1. The Morgan fingerprint density at radius 3 is 2.76 bits per heavy atom. The number of rotatable bonds is 3. The number of nitrogens with zero attached hydrogens (tertiary/aromatic N) is 6. The van der Waals surface area contributed by atoms with E-state index in [1.54, 1.807) is 24.5 Å². The van der Waals surface area contributed by atoms with E-state index in [1.165, 1.54) is 0 Å². The van der Waals surface area contributed by atoms with Gasteiger partial charge in [-0.25, -0.2) is 4.98 Å². The van der Waals surface area contributed by atoms with E-state index in [-0.39, 0.29) is 0 Å². The van der Waals surface area contributed by atoms with Crippen LogP contribution in [0.3, 0.4) is 0 Å². The molecular weight excluding hydrogens is 288 g/mol. The van der Waals surface area contributed by atoms with Gasteiger partial charge >= 0.3 is 0 Å². The fourth-order valence-corrected chi connectivity index (χ4v) is 2.61. The second kappa shape index (κ2) is 6.12. The molecule has 0 atom stereocenters. The summed E-state index contributed by atoms with van der Waals surface area (Å²) < 4.78 is 1.83. The van der Waals surface area contributed by atoms with Crippen molar-refractivity contribution in [1.29, 1.82) is 5.26 Å². The van der Waals surface area contributed by atoms with E-state index in [0.717, 1.165) is 38.7 Å². The van der Waals surface area contributed by atoms with E-state index in [4.69, 9.17) is 16.9 Å². The molecule has 0 saturated carbocycles. The van der Waals surface area contributed by atoms with Crippen molar-refractivity contribution in [3.8, 4) is 6.07 Å². The number of pyridine rings is 1. The molecule has 1 fully saturated rings. The lowest BCUT2D eigenvalue weighted by Crippen LogP contribution is -2.47. The molecule has 0 aromatic carbocycles. The number of nitriles is 1. The Hall–Kier alpha value is -2.10. The van der Waals surface area contributed by atoms with Crippen LogP contribution in [-0.4, -0.2) is 45.8 Å². The van der Waals surface area contributed by atoms with Crippen molar-refractivity contribution in [1.82, 2.24) is 19.7 Å². The van der Waals surface area contributed by atoms with Crippen molar-refractivity contribution in [3.05, 3.63) is 41.3 Å². The van der Waals surface area contributed by atoms with Crippen molar-refractivity contribution < 1.29 is 0 Å². The Morgan fingerprint density at radius 1 is 1.29 bits per heavy atom. The maximum Gasteiger partial charge on any atom is 0.146 e. The van der Waals surface area contributed by atoms with E-state index in [2.05, 4.69) is 26.0 Å². The molecule has 0 radical (unpaired) electrons. The smallest absolute Gasteiger partial charge is 0.146 e. The minimum Gasteiger partial charge on any atom is -0.353 e. The molecule has 21 heavy (non-hydrogen) atoms. The molecule has 7 heteroatoms. The zero-order valence-corrected chi connectivity index (χ0v) is 12.2. The number of anilines is 1. The van der Waals surface area contributed by atoms with Crippen LogP contribution in [0, 0.1) is 11.3 Å². The molecule has 0 aliphatic carbocycles. The summed E-state index contributed by atoms with van der Waals surface area (Å²) >= 11 is 5.87. The van der Waals surface area contributed by atoms with Gasteiger partial charge in [0.05, 0.1) is 23.5 Å². The first-order valence-corrected chi connectivity index (χ1v) is 7.14. The molecule has 1 saturated heterocycles. The van der Waals surface area contributed by atoms with Crippen LogP contribution < -0.4 is 4.90 Å². The molecule has 0 bridgehead atoms. The number of aromatic nitrogens is 3. The summed E-state index contributed by atoms with van der Waals surface area (Å²) in [6.07, 6.45) is 5.19. The predicted octanol–water partition coefficient (Wildman–Crippen LogP) is 1.58. The van der Waals surface area contributed by atoms with Gasteiger partial charge in [-0.05, 0) is 12.1 Å². The zero-order chi connectivity index (χ0) is 14.7. The molecule has 1 aliphatic heterocycles. The average molecular weight is 303 g/mol. The molecule has 3 rings (SSSR count). The Bertz CT molecular complexity index is 653. The average Bonchev–Trinajstić information content (AvgIpc) is 2.93. The molecule has 0 N–H and O–H groups in total. The third-order valence-electron chi connectivity index (χ3n) is 3.53. The quantitative estimate of drug-likeness (QED) is 0.861. The van der Waals surface area contributed by atoms with Gasteiger partial charge in [-0.15, -0.1) is 0 Å². The predicted molar refractivity (Wildman–Crippen MR) is 80.0 cm³/mol. The lowest BCUT2D eigenvalue weighted by atomic mass is 10.2. The van der Waals surface area contributed by atoms with Gasteiger partial charge in [-0.2, -0.15) is 10.4 Å². The van der Waals surface area contributed by atoms with E-state index in [9.17, 15) is 0 Å². The summed E-state index contributed by atoms with van der Waals surface area (Å²) in [6, 6.07) is 5.80. The molecule has 2 aromatic heterocycles. The maximum absolute atomic E-state index is 9.15. The lowest BCUT2D eigenvalue weighted by molar-refractivity contribution is 0.195. The molecule has 108 valence electrons. The number of hydrogen-bond donors (Lipinski definition) is 0. The summed E-state index contributed by atoms with van der Waals surface area (Å²) in [4.78, 5) is 8.79. The van der Waals surface area contributed by atoms with Crippen molar-refractivity contribution in [2.45, 2.75) is 6.67 Å².